The van der Waals surface area contributed by atoms with Crippen molar-refractivity contribution in [2.24, 2.45) is 0 Å². The Labute approximate surface area is 145 Å². The van der Waals surface area contributed by atoms with Crippen molar-refractivity contribution in [1.29, 1.82) is 0 Å². The lowest BCUT2D eigenvalue weighted by molar-refractivity contribution is 0.107. The average Bonchev–Trinajstić information content (AvgIpc) is 3.05. The van der Waals surface area contributed by atoms with Crippen LogP contribution in [0.1, 0.15) is 20.7 Å². The molecule has 0 saturated carbocycles. The van der Waals surface area contributed by atoms with E-state index in [1.165, 1.54) is 11.3 Å². The fourth-order valence-corrected chi connectivity index (χ4v) is 3.05. The first kappa shape index (κ1) is 15.8. The average molecular weight is 363 g/mol. The van der Waals surface area contributed by atoms with Crippen molar-refractivity contribution >= 4 is 45.0 Å². The van der Waals surface area contributed by atoms with Gasteiger partial charge in [0.15, 0.2) is 0 Å². The zero-order valence-electron chi connectivity index (χ0n) is 11.5. The van der Waals surface area contributed by atoms with Crippen molar-refractivity contribution in [1.82, 2.24) is 10.2 Å². The molecule has 0 aliphatic carbocycles. The summed E-state index contributed by atoms with van der Waals surface area (Å²) in [7, 11) is 0. The van der Waals surface area contributed by atoms with Crippen LogP contribution >= 0.6 is 34.5 Å². The van der Waals surface area contributed by atoms with Crippen LogP contribution in [0.4, 0.5) is 0 Å². The van der Waals surface area contributed by atoms with Crippen molar-refractivity contribution in [3.63, 3.8) is 0 Å². The monoisotopic (exact) mass is 362 g/mol. The van der Waals surface area contributed by atoms with Crippen molar-refractivity contribution in [2.75, 3.05) is 0 Å². The van der Waals surface area contributed by atoms with Crippen molar-refractivity contribution in [3.8, 4) is 21.1 Å². The summed E-state index contributed by atoms with van der Waals surface area (Å²) < 4.78 is 0. The SMILES string of the molecule is O=C(Cl)c1ccc(-c2nnc(-c3ccc(C(=O)Cl)cc3)s2)cc1. The number of benzene rings is 2. The maximum absolute atomic E-state index is 11.1. The molecule has 3 rings (SSSR count). The summed E-state index contributed by atoms with van der Waals surface area (Å²) in [5, 5.41) is 8.77. The number of halogens is 2. The van der Waals surface area contributed by atoms with E-state index < -0.39 is 10.5 Å². The Morgan fingerprint density at radius 1 is 0.696 bits per heavy atom. The Morgan fingerprint density at radius 3 is 1.35 bits per heavy atom. The second kappa shape index (κ2) is 6.58. The highest BCUT2D eigenvalue weighted by Crippen LogP contribution is 2.30. The summed E-state index contributed by atoms with van der Waals surface area (Å²) >= 11 is 12.3. The minimum Gasteiger partial charge on any atom is -0.276 e. The summed E-state index contributed by atoms with van der Waals surface area (Å²) in [4.78, 5) is 22.1. The molecule has 0 fully saturated rings. The standard InChI is InChI=1S/C16H8Cl2N2O2S/c17-13(21)9-1-5-11(6-2-9)15-19-20-16(23-15)12-7-3-10(4-8-12)14(18)22/h1-8H. The number of hydrogen-bond acceptors (Lipinski definition) is 5. The number of carbonyl (C=O) groups excluding carboxylic acids is 2. The van der Waals surface area contributed by atoms with E-state index in [1.54, 1.807) is 48.5 Å². The number of aromatic nitrogens is 2. The van der Waals surface area contributed by atoms with Gasteiger partial charge in [-0.25, -0.2) is 0 Å². The molecule has 0 atom stereocenters. The fourth-order valence-electron chi connectivity index (χ4n) is 1.94. The van der Waals surface area contributed by atoms with Crippen molar-refractivity contribution in [2.45, 2.75) is 0 Å². The summed E-state index contributed by atoms with van der Waals surface area (Å²) in [6.07, 6.45) is 0. The second-order valence-corrected chi connectivity index (χ2v) is 6.28. The van der Waals surface area contributed by atoms with E-state index in [1.807, 2.05) is 0 Å². The van der Waals surface area contributed by atoms with Crippen molar-refractivity contribution in [3.05, 3.63) is 59.7 Å². The van der Waals surface area contributed by atoms with Crippen LogP contribution in [0.2, 0.25) is 0 Å². The first-order valence-electron chi connectivity index (χ1n) is 6.48. The van der Waals surface area contributed by atoms with Crippen LogP contribution in [0.15, 0.2) is 48.5 Å². The van der Waals surface area contributed by atoms with E-state index in [0.717, 1.165) is 21.1 Å². The molecular formula is C16H8Cl2N2O2S. The van der Waals surface area contributed by atoms with Gasteiger partial charge in [0.1, 0.15) is 10.0 Å². The molecule has 114 valence electrons. The summed E-state index contributed by atoms with van der Waals surface area (Å²) in [6, 6.07) is 13.7. The Morgan fingerprint density at radius 2 is 1.04 bits per heavy atom. The second-order valence-electron chi connectivity index (χ2n) is 4.61. The number of hydrogen-bond donors (Lipinski definition) is 0. The fraction of sp³-hybridized carbons (Fsp3) is 0. The number of carbonyl (C=O) groups is 2. The maximum atomic E-state index is 11.1. The van der Waals surface area contributed by atoms with Crippen LogP contribution in [-0.2, 0) is 0 Å². The molecule has 0 unspecified atom stereocenters. The van der Waals surface area contributed by atoms with Gasteiger partial charge >= 0.3 is 0 Å². The van der Waals surface area contributed by atoms with E-state index >= 15 is 0 Å². The maximum Gasteiger partial charge on any atom is 0.252 e. The third-order valence-corrected chi connectivity index (χ3v) is 4.60. The van der Waals surface area contributed by atoms with E-state index in [4.69, 9.17) is 23.2 Å². The van der Waals surface area contributed by atoms with Gasteiger partial charge < -0.3 is 0 Å². The predicted octanol–water partition coefficient (Wildman–Crippen LogP) is 4.63. The molecule has 0 aliphatic heterocycles. The highest BCUT2D eigenvalue weighted by Gasteiger charge is 2.10. The van der Waals surface area contributed by atoms with Crippen molar-refractivity contribution < 1.29 is 9.59 Å². The van der Waals surface area contributed by atoms with Crippen LogP contribution in [0.3, 0.4) is 0 Å². The molecule has 23 heavy (non-hydrogen) atoms. The summed E-state index contributed by atoms with van der Waals surface area (Å²) in [5.74, 6) is 0. The van der Waals surface area contributed by atoms with Crippen LogP contribution in [0.5, 0.6) is 0 Å². The first-order chi connectivity index (χ1) is 11.0. The molecule has 3 aromatic rings. The molecule has 2 aromatic carbocycles. The van der Waals surface area contributed by atoms with E-state index in [0.29, 0.717) is 11.1 Å². The number of nitrogens with zero attached hydrogens (tertiary/aromatic N) is 2. The molecule has 1 heterocycles. The molecule has 0 N–H and O–H groups in total. The lowest BCUT2D eigenvalue weighted by Crippen LogP contribution is -1.87. The molecule has 0 saturated heterocycles. The Balaban J connectivity index is 1.87. The Hall–Kier alpha value is -2.08. The zero-order chi connectivity index (χ0) is 16.4. The lowest BCUT2D eigenvalue weighted by Gasteiger charge is -1.97. The minimum absolute atomic E-state index is 0.432. The highest BCUT2D eigenvalue weighted by molar-refractivity contribution is 7.17. The van der Waals surface area contributed by atoms with Gasteiger partial charge in [-0.2, -0.15) is 0 Å². The molecule has 0 spiro atoms. The van der Waals surface area contributed by atoms with Crippen LogP contribution in [0.25, 0.3) is 21.1 Å². The predicted molar refractivity (Wildman–Crippen MR) is 91.1 cm³/mol. The van der Waals surface area contributed by atoms with Crippen LogP contribution < -0.4 is 0 Å². The normalized spacial score (nSPS) is 10.5. The van der Waals surface area contributed by atoms with E-state index in [-0.39, 0.29) is 0 Å². The first-order valence-corrected chi connectivity index (χ1v) is 8.06. The molecule has 4 nitrogen and oxygen atoms in total. The molecule has 0 radical (unpaired) electrons. The molecule has 7 heteroatoms. The molecule has 0 aliphatic rings. The third kappa shape index (κ3) is 3.47. The summed E-state index contributed by atoms with van der Waals surface area (Å²) in [5.41, 5.74) is 2.56. The molecule has 0 amide bonds. The van der Waals surface area contributed by atoms with E-state index in [2.05, 4.69) is 10.2 Å². The minimum atomic E-state index is -0.497. The van der Waals surface area contributed by atoms with Gasteiger partial charge in [0.25, 0.3) is 10.5 Å². The smallest absolute Gasteiger partial charge is 0.252 e. The van der Waals surface area contributed by atoms with Gasteiger partial charge in [-0.05, 0) is 47.5 Å². The summed E-state index contributed by atoms with van der Waals surface area (Å²) in [6.45, 7) is 0. The lowest BCUT2D eigenvalue weighted by atomic mass is 10.1. The van der Waals surface area contributed by atoms with Gasteiger partial charge in [-0.15, -0.1) is 10.2 Å². The van der Waals surface area contributed by atoms with Crippen LogP contribution in [-0.4, -0.2) is 20.7 Å². The zero-order valence-corrected chi connectivity index (χ0v) is 13.8. The number of rotatable bonds is 4. The van der Waals surface area contributed by atoms with Crippen LogP contribution in [0, 0.1) is 0 Å². The molecule has 1 aromatic heterocycles. The largest absolute Gasteiger partial charge is 0.276 e. The van der Waals surface area contributed by atoms with E-state index in [9.17, 15) is 9.59 Å². The molecule has 0 bridgehead atoms. The van der Waals surface area contributed by atoms with Gasteiger partial charge in [0, 0.05) is 22.3 Å². The Kier molecular flexibility index (Phi) is 4.52. The quantitative estimate of drug-likeness (QED) is 0.634. The van der Waals surface area contributed by atoms with Gasteiger partial charge in [0.2, 0.25) is 0 Å². The molecular weight excluding hydrogens is 355 g/mol. The topological polar surface area (TPSA) is 59.9 Å². The third-order valence-electron chi connectivity index (χ3n) is 3.14. The van der Waals surface area contributed by atoms with Gasteiger partial charge in [-0.1, -0.05) is 35.6 Å². The highest BCUT2D eigenvalue weighted by atomic mass is 35.5. The van der Waals surface area contributed by atoms with Gasteiger partial charge in [-0.3, -0.25) is 9.59 Å². The Bertz CT molecular complexity index is 802. The van der Waals surface area contributed by atoms with Gasteiger partial charge in [0.05, 0.1) is 0 Å².